The fraction of sp³-hybridized carbons (Fsp3) is 0.269. The summed E-state index contributed by atoms with van der Waals surface area (Å²) >= 11 is 0. The number of pyridine rings is 1. The molecule has 2 aromatic carbocycles. The van der Waals surface area contributed by atoms with Crippen LogP contribution in [0.5, 0.6) is 5.75 Å². The fourth-order valence-corrected chi connectivity index (χ4v) is 3.96. The van der Waals surface area contributed by atoms with Gasteiger partial charge in [0.05, 0.1) is 0 Å². The summed E-state index contributed by atoms with van der Waals surface area (Å²) in [6.07, 6.45) is 2.59. The molecule has 0 fully saturated rings. The molecular formula is C26H27N3O3. The highest BCUT2D eigenvalue weighted by Gasteiger charge is 2.36. The van der Waals surface area contributed by atoms with Crippen LogP contribution in [0.25, 0.3) is 0 Å². The Labute approximate surface area is 188 Å². The van der Waals surface area contributed by atoms with Crippen molar-refractivity contribution in [1.29, 1.82) is 0 Å². The van der Waals surface area contributed by atoms with Crippen LogP contribution in [0.1, 0.15) is 42.6 Å². The van der Waals surface area contributed by atoms with E-state index >= 15 is 0 Å². The summed E-state index contributed by atoms with van der Waals surface area (Å²) in [5.74, 6) is 0.834. The minimum absolute atomic E-state index is 0.0597. The number of benzene rings is 2. The Kier molecular flexibility index (Phi) is 6.50. The molecule has 0 aliphatic carbocycles. The van der Waals surface area contributed by atoms with Crippen LogP contribution < -0.4 is 15.0 Å². The van der Waals surface area contributed by atoms with E-state index in [-0.39, 0.29) is 11.8 Å². The fourth-order valence-electron chi connectivity index (χ4n) is 3.96. The van der Waals surface area contributed by atoms with Crippen molar-refractivity contribution in [2.75, 3.05) is 16.8 Å². The van der Waals surface area contributed by atoms with Crippen LogP contribution in [0.15, 0.2) is 66.9 Å². The van der Waals surface area contributed by atoms with Gasteiger partial charge in [-0.2, -0.15) is 0 Å². The Morgan fingerprint density at radius 1 is 1.09 bits per heavy atom. The van der Waals surface area contributed by atoms with Gasteiger partial charge in [-0.25, -0.2) is 4.98 Å². The summed E-state index contributed by atoms with van der Waals surface area (Å²) in [6, 6.07) is 19.1. The normalized spacial score (nSPS) is 15.1. The van der Waals surface area contributed by atoms with Crippen LogP contribution in [0.4, 0.5) is 11.5 Å². The van der Waals surface area contributed by atoms with E-state index < -0.39 is 6.10 Å². The summed E-state index contributed by atoms with van der Waals surface area (Å²) < 4.78 is 5.97. The van der Waals surface area contributed by atoms with E-state index in [9.17, 15) is 9.59 Å². The van der Waals surface area contributed by atoms with Crippen molar-refractivity contribution in [3.8, 4) is 5.75 Å². The van der Waals surface area contributed by atoms with E-state index in [0.717, 1.165) is 28.8 Å². The second-order valence-electron chi connectivity index (χ2n) is 7.84. The van der Waals surface area contributed by atoms with Crippen molar-refractivity contribution in [3.05, 3.63) is 83.6 Å². The van der Waals surface area contributed by atoms with Crippen LogP contribution >= 0.6 is 0 Å². The molecule has 6 heteroatoms. The number of hydrogen-bond acceptors (Lipinski definition) is 4. The van der Waals surface area contributed by atoms with Gasteiger partial charge in [0.2, 0.25) is 12.0 Å². The van der Waals surface area contributed by atoms with Crippen LogP contribution in [-0.2, 0) is 16.0 Å². The Balaban J connectivity index is 1.45. The zero-order valence-corrected chi connectivity index (χ0v) is 18.4. The van der Waals surface area contributed by atoms with E-state index in [0.29, 0.717) is 31.0 Å². The summed E-state index contributed by atoms with van der Waals surface area (Å²) in [7, 11) is 0. The lowest BCUT2D eigenvalue weighted by molar-refractivity contribution is -0.127. The SMILES string of the molecule is CCc1cccc(C)c1NC(=O)CCCN1C(=O)C(c2ccccc2)Oc2cccnc21. The predicted octanol–water partition coefficient (Wildman–Crippen LogP) is 4.84. The van der Waals surface area contributed by atoms with Crippen molar-refractivity contribution in [2.45, 2.75) is 39.2 Å². The van der Waals surface area contributed by atoms with Crippen molar-refractivity contribution in [1.82, 2.24) is 4.98 Å². The summed E-state index contributed by atoms with van der Waals surface area (Å²) in [5.41, 5.74) is 3.84. The molecule has 1 aliphatic rings. The van der Waals surface area contributed by atoms with Gasteiger partial charge in [-0.3, -0.25) is 14.5 Å². The highest BCUT2D eigenvalue weighted by atomic mass is 16.5. The number of aryl methyl sites for hydroxylation is 2. The van der Waals surface area contributed by atoms with Crippen molar-refractivity contribution >= 4 is 23.3 Å². The number of anilines is 2. The van der Waals surface area contributed by atoms with Gasteiger partial charge in [-0.05, 0) is 43.0 Å². The number of carbonyl (C=O) groups is 2. The molecule has 0 radical (unpaired) electrons. The topological polar surface area (TPSA) is 71.5 Å². The lowest BCUT2D eigenvalue weighted by Crippen LogP contribution is -2.42. The third-order valence-electron chi connectivity index (χ3n) is 5.63. The third kappa shape index (κ3) is 4.49. The minimum Gasteiger partial charge on any atom is -0.472 e. The second-order valence-corrected chi connectivity index (χ2v) is 7.84. The molecule has 1 atom stereocenters. The van der Waals surface area contributed by atoms with Crippen LogP contribution in [0, 0.1) is 6.92 Å². The maximum absolute atomic E-state index is 13.2. The number of ether oxygens (including phenoxy) is 1. The maximum atomic E-state index is 13.2. The first-order valence-corrected chi connectivity index (χ1v) is 10.9. The molecule has 164 valence electrons. The van der Waals surface area contributed by atoms with E-state index in [4.69, 9.17) is 4.74 Å². The average Bonchev–Trinajstić information content (AvgIpc) is 2.82. The number of para-hydroxylation sites is 1. The molecule has 0 saturated heterocycles. The van der Waals surface area contributed by atoms with E-state index in [1.165, 1.54) is 0 Å². The van der Waals surface area contributed by atoms with Gasteiger partial charge in [0.15, 0.2) is 11.6 Å². The second kappa shape index (κ2) is 9.64. The van der Waals surface area contributed by atoms with Gasteiger partial charge in [0, 0.05) is 30.4 Å². The first-order valence-electron chi connectivity index (χ1n) is 10.9. The Morgan fingerprint density at radius 2 is 1.91 bits per heavy atom. The standard InChI is InChI=1S/C26H27N3O3/c1-3-19-13-7-10-18(2)23(19)28-22(30)15-9-17-29-25-21(14-8-16-27-25)32-24(26(29)31)20-11-5-4-6-12-20/h4-8,10-14,16,24H,3,9,15,17H2,1-2H3,(H,28,30). The predicted molar refractivity (Wildman–Crippen MR) is 125 cm³/mol. The van der Waals surface area contributed by atoms with Crippen molar-refractivity contribution in [3.63, 3.8) is 0 Å². The van der Waals surface area contributed by atoms with Gasteiger partial charge in [-0.1, -0.05) is 55.5 Å². The molecule has 6 nitrogen and oxygen atoms in total. The number of nitrogens with one attached hydrogen (secondary N) is 1. The van der Waals surface area contributed by atoms with E-state index in [1.54, 1.807) is 17.2 Å². The number of nitrogens with zero attached hydrogens (tertiary/aromatic N) is 2. The number of amides is 2. The third-order valence-corrected chi connectivity index (χ3v) is 5.63. The summed E-state index contributed by atoms with van der Waals surface area (Å²) in [5, 5.41) is 3.05. The van der Waals surface area contributed by atoms with Crippen molar-refractivity contribution < 1.29 is 14.3 Å². The minimum atomic E-state index is -0.721. The molecule has 2 heterocycles. The molecule has 2 amide bonds. The molecule has 1 N–H and O–H groups in total. The molecule has 3 aromatic rings. The lowest BCUT2D eigenvalue weighted by atomic mass is 10.1. The highest BCUT2D eigenvalue weighted by Crippen LogP contribution is 2.37. The van der Waals surface area contributed by atoms with Gasteiger partial charge in [0.1, 0.15) is 0 Å². The van der Waals surface area contributed by atoms with E-state index in [1.807, 2.05) is 61.5 Å². The first kappa shape index (κ1) is 21.6. The van der Waals surface area contributed by atoms with Crippen LogP contribution in [0.2, 0.25) is 0 Å². The summed E-state index contributed by atoms with van der Waals surface area (Å²) in [4.78, 5) is 31.9. The van der Waals surface area contributed by atoms with Gasteiger partial charge in [0.25, 0.3) is 5.91 Å². The molecular weight excluding hydrogens is 402 g/mol. The molecule has 4 rings (SSSR count). The molecule has 1 aromatic heterocycles. The number of fused-ring (bicyclic) bond motifs is 1. The quantitative estimate of drug-likeness (QED) is 0.583. The Bertz CT molecular complexity index is 1110. The lowest BCUT2D eigenvalue weighted by Gasteiger charge is -2.33. The molecule has 0 saturated carbocycles. The Morgan fingerprint density at radius 3 is 2.69 bits per heavy atom. The zero-order valence-electron chi connectivity index (χ0n) is 18.4. The Hall–Kier alpha value is -3.67. The van der Waals surface area contributed by atoms with Crippen LogP contribution in [-0.4, -0.2) is 23.3 Å². The van der Waals surface area contributed by atoms with Crippen molar-refractivity contribution in [2.24, 2.45) is 0 Å². The van der Waals surface area contributed by atoms with E-state index in [2.05, 4.69) is 17.2 Å². The van der Waals surface area contributed by atoms with Gasteiger partial charge in [-0.15, -0.1) is 0 Å². The monoisotopic (exact) mass is 429 g/mol. The molecule has 0 bridgehead atoms. The highest BCUT2D eigenvalue weighted by molar-refractivity contribution is 5.99. The summed E-state index contributed by atoms with van der Waals surface area (Å²) in [6.45, 7) is 4.45. The van der Waals surface area contributed by atoms with Crippen LogP contribution in [0.3, 0.4) is 0 Å². The number of aromatic nitrogens is 1. The maximum Gasteiger partial charge on any atom is 0.274 e. The smallest absolute Gasteiger partial charge is 0.274 e. The molecule has 1 unspecified atom stereocenters. The zero-order chi connectivity index (χ0) is 22.5. The molecule has 32 heavy (non-hydrogen) atoms. The molecule has 0 spiro atoms. The number of rotatable bonds is 7. The largest absolute Gasteiger partial charge is 0.472 e. The average molecular weight is 430 g/mol. The number of hydrogen-bond donors (Lipinski definition) is 1. The van der Waals surface area contributed by atoms with Gasteiger partial charge < -0.3 is 10.1 Å². The van der Waals surface area contributed by atoms with Gasteiger partial charge >= 0.3 is 0 Å². The first-order chi connectivity index (χ1) is 15.6. The molecule has 1 aliphatic heterocycles. The number of carbonyl (C=O) groups excluding carboxylic acids is 2.